The minimum atomic E-state index is -0.624. The summed E-state index contributed by atoms with van der Waals surface area (Å²) in [5.74, 6) is -1.21. The van der Waals surface area contributed by atoms with E-state index in [2.05, 4.69) is 15.0 Å². The molecule has 0 saturated heterocycles. The van der Waals surface area contributed by atoms with Crippen LogP contribution in [0.3, 0.4) is 0 Å². The summed E-state index contributed by atoms with van der Waals surface area (Å²) in [7, 11) is 1.22. The molecule has 0 aliphatic rings. The number of hydrogen-bond acceptors (Lipinski definition) is 4. The zero-order valence-corrected chi connectivity index (χ0v) is 11.4. The van der Waals surface area contributed by atoms with Gasteiger partial charge in [-0.1, -0.05) is 30.3 Å². The van der Waals surface area contributed by atoms with Crippen LogP contribution in [0.2, 0.25) is 0 Å². The summed E-state index contributed by atoms with van der Waals surface area (Å²) in [6.07, 6.45) is 0. The molecule has 0 fully saturated rings. The lowest BCUT2D eigenvalue weighted by molar-refractivity contribution is -0.139. The Bertz CT molecular complexity index is 707. The molecule has 108 valence electrons. The maximum atomic E-state index is 11.9. The number of aromatic amines is 1. The number of rotatable bonds is 4. The molecular weight excluding hydrogens is 272 g/mol. The first-order valence-corrected chi connectivity index (χ1v) is 6.25. The van der Waals surface area contributed by atoms with Gasteiger partial charge in [-0.3, -0.25) is 14.4 Å². The van der Waals surface area contributed by atoms with E-state index in [9.17, 15) is 14.4 Å². The third-order valence-corrected chi connectivity index (χ3v) is 2.86. The van der Waals surface area contributed by atoms with Crippen LogP contribution in [0.15, 0.2) is 47.3 Å². The smallest absolute Gasteiger partial charge is 0.325 e. The molecule has 2 N–H and O–H groups in total. The third-order valence-electron chi connectivity index (χ3n) is 2.86. The van der Waals surface area contributed by atoms with Crippen LogP contribution < -0.4 is 10.9 Å². The fraction of sp³-hybridized carbons (Fsp3) is 0.133. The van der Waals surface area contributed by atoms with Crippen molar-refractivity contribution < 1.29 is 14.3 Å². The molecule has 1 aromatic carbocycles. The molecule has 0 radical (unpaired) electrons. The van der Waals surface area contributed by atoms with Gasteiger partial charge >= 0.3 is 5.97 Å². The molecule has 0 saturated carbocycles. The second-order valence-electron chi connectivity index (χ2n) is 4.24. The predicted molar refractivity (Wildman–Crippen MR) is 76.8 cm³/mol. The molecule has 0 spiro atoms. The van der Waals surface area contributed by atoms with E-state index in [1.165, 1.54) is 13.2 Å². The van der Waals surface area contributed by atoms with Crippen molar-refractivity contribution in [1.82, 2.24) is 10.3 Å². The summed E-state index contributed by atoms with van der Waals surface area (Å²) in [6.45, 7) is -0.283. The molecule has 2 aromatic rings. The van der Waals surface area contributed by atoms with Gasteiger partial charge in [-0.2, -0.15) is 0 Å². The van der Waals surface area contributed by atoms with E-state index in [0.29, 0.717) is 5.69 Å². The van der Waals surface area contributed by atoms with Gasteiger partial charge in [0.05, 0.1) is 7.11 Å². The molecule has 2 rings (SSSR count). The van der Waals surface area contributed by atoms with Crippen molar-refractivity contribution in [3.63, 3.8) is 0 Å². The highest BCUT2D eigenvalue weighted by Crippen LogP contribution is 2.14. The number of aromatic nitrogens is 1. The molecule has 0 unspecified atom stereocenters. The minimum absolute atomic E-state index is 0.0569. The van der Waals surface area contributed by atoms with Gasteiger partial charge in [-0.15, -0.1) is 0 Å². The van der Waals surface area contributed by atoms with Gasteiger partial charge in [0.25, 0.3) is 11.5 Å². The van der Waals surface area contributed by atoms with Crippen molar-refractivity contribution in [3.8, 4) is 11.3 Å². The van der Waals surface area contributed by atoms with Gasteiger partial charge in [-0.25, -0.2) is 0 Å². The fourth-order valence-corrected chi connectivity index (χ4v) is 1.76. The summed E-state index contributed by atoms with van der Waals surface area (Å²) < 4.78 is 4.40. The van der Waals surface area contributed by atoms with E-state index in [4.69, 9.17) is 0 Å². The predicted octanol–water partition coefficient (Wildman–Crippen LogP) is 0.945. The Morgan fingerprint density at radius 3 is 2.48 bits per heavy atom. The van der Waals surface area contributed by atoms with Crippen LogP contribution in [0.1, 0.15) is 10.4 Å². The molecule has 1 heterocycles. The quantitative estimate of drug-likeness (QED) is 0.819. The first kappa shape index (κ1) is 14.5. The van der Waals surface area contributed by atoms with Crippen LogP contribution in [0.25, 0.3) is 11.3 Å². The van der Waals surface area contributed by atoms with Crippen molar-refractivity contribution in [2.24, 2.45) is 0 Å². The second-order valence-corrected chi connectivity index (χ2v) is 4.24. The van der Waals surface area contributed by atoms with Crippen LogP contribution >= 0.6 is 0 Å². The average Bonchev–Trinajstić information content (AvgIpc) is 2.53. The van der Waals surface area contributed by atoms with Crippen LogP contribution in [-0.4, -0.2) is 30.5 Å². The molecule has 0 aliphatic heterocycles. The molecule has 21 heavy (non-hydrogen) atoms. The number of carbonyl (C=O) groups is 2. The van der Waals surface area contributed by atoms with Gasteiger partial charge in [0, 0.05) is 5.69 Å². The van der Waals surface area contributed by atoms with Crippen molar-refractivity contribution in [1.29, 1.82) is 0 Å². The number of nitrogens with one attached hydrogen (secondary N) is 2. The lowest BCUT2D eigenvalue weighted by Crippen LogP contribution is -2.33. The first-order chi connectivity index (χ1) is 10.1. The van der Waals surface area contributed by atoms with Gasteiger partial charge in [0.2, 0.25) is 0 Å². The van der Waals surface area contributed by atoms with Gasteiger partial charge in [0.15, 0.2) is 0 Å². The highest BCUT2D eigenvalue weighted by Gasteiger charge is 2.12. The van der Waals surface area contributed by atoms with E-state index in [1.807, 2.05) is 30.3 Å². The topological polar surface area (TPSA) is 88.3 Å². The van der Waals surface area contributed by atoms with Crippen molar-refractivity contribution in [3.05, 3.63) is 58.4 Å². The van der Waals surface area contributed by atoms with E-state index >= 15 is 0 Å². The van der Waals surface area contributed by atoms with Crippen LogP contribution in [0.4, 0.5) is 0 Å². The number of amides is 1. The van der Waals surface area contributed by atoms with E-state index < -0.39 is 17.4 Å². The number of benzene rings is 1. The Hall–Kier alpha value is -2.89. The molecule has 6 heteroatoms. The van der Waals surface area contributed by atoms with Gasteiger partial charge < -0.3 is 15.0 Å². The molecule has 0 bridgehead atoms. The van der Waals surface area contributed by atoms with E-state index in [1.54, 1.807) is 6.07 Å². The highest BCUT2D eigenvalue weighted by molar-refractivity contribution is 5.95. The normalized spacial score (nSPS) is 9.95. The molecule has 6 nitrogen and oxygen atoms in total. The lowest BCUT2D eigenvalue weighted by atomic mass is 10.1. The van der Waals surface area contributed by atoms with Crippen LogP contribution in [0, 0.1) is 0 Å². The zero-order chi connectivity index (χ0) is 15.2. The lowest BCUT2D eigenvalue weighted by Gasteiger charge is -2.05. The summed E-state index contributed by atoms with van der Waals surface area (Å²) in [6, 6.07) is 12.3. The Morgan fingerprint density at radius 1 is 1.14 bits per heavy atom. The Balaban J connectivity index is 2.18. The summed E-state index contributed by atoms with van der Waals surface area (Å²) in [5, 5.41) is 2.32. The number of pyridine rings is 1. The number of carbonyl (C=O) groups excluding carboxylic acids is 2. The first-order valence-electron chi connectivity index (χ1n) is 6.25. The number of methoxy groups -OCH3 is 1. The molecule has 1 amide bonds. The SMILES string of the molecule is COC(=O)CNC(=O)c1ccc(-c2ccccc2)[nH]c1=O. The largest absolute Gasteiger partial charge is 0.468 e. The molecule has 0 aliphatic carbocycles. The monoisotopic (exact) mass is 286 g/mol. The number of ether oxygens (including phenoxy) is 1. The van der Waals surface area contributed by atoms with Crippen LogP contribution in [0.5, 0.6) is 0 Å². The standard InChI is InChI=1S/C15H14N2O4/c1-21-13(18)9-16-14(19)11-7-8-12(17-15(11)20)10-5-3-2-4-6-10/h2-8H,9H2,1H3,(H,16,19)(H,17,20). The maximum Gasteiger partial charge on any atom is 0.325 e. The average molecular weight is 286 g/mol. The number of esters is 1. The van der Waals surface area contributed by atoms with Crippen molar-refractivity contribution >= 4 is 11.9 Å². The van der Waals surface area contributed by atoms with E-state index in [-0.39, 0.29) is 12.1 Å². The second kappa shape index (κ2) is 6.51. The van der Waals surface area contributed by atoms with Gasteiger partial charge in [-0.05, 0) is 17.7 Å². The molecule has 1 aromatic heterocycles. The summed E-state index contributed by atoms with van der Waals surface area (Å²) in [4.78, 5) is 37.3. The number of H-pyrrole nitrogens is 1. The maximum absolute atomic E-state index is 11.9. The zero-order valence-electron chi connectivity index (χ0n) is 11.4. The van der Waals surface area contributed by atoms with Crippen LogP contribution in [-0.2, 0) is 9.53 Å². The van der Waals surface area contributed by atoms with Crippen molar-refractivity contribution in [2.75, 3.05) is 13.7 Å². The van der Waals surface area contributed by atoms with E-state index in [0.717, 1.165) is 5.56 Å². The van der Waals surface area contributed by atoms with Gasteiger partial charge in [0.1, 0.15) is 12.1 Å². The highest BCUT2D eigenvalue weighted by atomic mass is 16.5. The Kier molecular flexibility index (Phi) is 4.50. The number of hydrogen-bond donors (Lipinski definition) is 2. The molecular formula is C15H14N2O4. The van der Waals surface area contributed by atoms with Crippen molar-refractivity contribution in [2.45, 2.75) is 0 Å². The third kappa shape index (κ3) is 3.56. The Labute approximate surface area is 120 Å². The summed E-state index contributed by atoms with van der Waals surface area (Å²) in [5.41, 5.74) is 0.888. The minimum Gasteiger partial charge on any atom is -0.468 e. The fourth-order valence-electron chi connectivity index (χ4n) is 1.76. The molecule has 0 atom stereocenters. The summed E-state index contributed by atoms with van der Waals surface area (Å²) >= 11 is 0. The Morgan fingerprint density at radius 2 is 1.86 bits per heavy atom.